The number of benzene rings is 2. The Morgan fingerprint density at radius 3 is 2.45 bits per heavy atom. The van der Waals surface area contributed by atoms with Crippen molar-refractivity contribution in [1.82, 2.24) is 0 Å². The fourth-order valence-corrected chi connectivity index (χ4v) is 3.86. The lowest BCUT2D eigenvalue weighted by Crippen LogP contribution is -2.41. The number of carbonyl (C=O) groups is 1. The van der Waals surface area contributed by atoms with E-state index in [1.54, 1.807) is 18.2 Å². The molecule has 31 heavy (non-hydrogen) atoms. The van der Waals surface area contributed by atoms with Crippen LogP contribution in [0.1, 0.15) is 19.8 Å². The van der Waals surface area contributed by atoms with Gasteiger partial charge in [0.25, 0.3) is 0 Å². The molecule has 0 N–H and O–H groups in total. The van der Waals surface area contributed by atoms with Gasteiger partial charge in [-0.25, -0.2) is 4.79 Å². The molecule has 3 aromatic rings. The molecule has 0 spiro atoms. The molecule has 7 heteroatoms. The van der Waals surface area contributed by atoms with E-state index in [0.717, 1.165) is 10.9 Å². The van der Waals surface area contributed by atoms with Crippen LogP contribution in [0.25, 0.3) is 22.3 Å². The predicted molar refractivity (Wildman–Crippen MR) is 110 cm³/mol. The minimum atomic E-state index is -4.57. The second-order valence-corrected chi connectivity index (χ2v) is 7.70. The van der Waals surface area contributed by atoms with Crippen molar-refractivity contribution in [3.63, 3.8) is 0 Å². The van der Waals surface area contributed by atoms with E-state index in [9.17, 15) is 18.0 Å². The molecule has 4 nitrogen and oxygen atoms in total. The van der Waals surface area contributed by atoms with Crippen LogP contribution in [0.15, 0.2) is 71.2 Å². The number of furan rings is 1. The largest absolute Gasteiger partial charge is 0.489 e. The third-order valence-corrected chi connectivity index (χ3v) is 5.36. The number of fused-ring (bicyclic) bond motifs is 1. The molecule has 1 aliphatic carbocycles. The van der Waals surface area contributed by atoms with Gasteiger partial charge in [0.15, 0.2) is 0 Å². The fourth-order valence-electron chi connectivity index (χ4n) is 3.86. The van der Waals surface area contributed by atoms with Gasteiger partial charge in [0.05, 0.1) is 0 Å². The highest BCUT2D eigenvalue weighted by Crippen LogP contribution is 2.43. The standard InChI is InChI=1S/C24H21F3O4/c1-14(2)23(28)31-19-11-10-18(22(19)24(25,26)27)29-17-9-8-16-12-20(30-21(16)13-17)15-6-4-3-5-7-15/h3-9,12-13,18-19,22H,1,10-11H2,2H3. The highest BCUT2D eigenvalue weighted by molar-refractivity contribution is 5.87. The van der Waals surface area contributed by atoms with Crippen molar-refractivity contribution < 1.29 is 31.9 Å². The van der Waals surface area contributed by atoms with Gasteiger partial charge in [-0.2, -0.15) is 13.2 Å². The van der Waals surface area contributed by atoms with Gasteiger partial charge < -0.3 is 13.9 Å². The Morgan fingerprint density at radius 1 is 1.06 bits per heavy atom. The van der Waals surface area contributed by atoms with E-state index in [2.05, 4.69) is 6.58 Å². The van der Waals surface area contributed by atoms with Crippen LogP contribution < -0.4 is 4.74 Å². The van der Waals surface area contributed by atoms with E-state index in [4.69, 9.17) is 13.9 Å². The SMILES string of the molecule is C=C(C)C(=O)OC1CCC(Oc2ccc3cc(-c4ccccc4)oc3c2)C1C(F)(F)F. The van der Waals surface area contributed by atoms with Gasteiger partial charge in [-0.15, -0.1) is 0 Å². The Bertz CT molecular complexity index is 1100. The van der Waals surface area contributed by atoms with Crippen molar-refractivity contribution in [2.45, 2.75) is 38.1 Å². The highest BCUT2D eigenvalue weighted by Gasteiger charge is 2.55. The zero-order valence-electron chi connectivity index (χ0n) is 16.8. The van der Waals surface area contributed by atoms with Crippen molar-refractivity contribution in [2.24, 2.45) is 5.92 Å². The van der Waals surface area contributed by atoms with E-state index in [0.29, 0.717) is 11.3 Å². The van der Waals surface area contributed by atoms with Crippen molar-refractivity contribution in [3.8, 4) is 17.1 Å². The summed E-state index contributed by atoms with van der Waals surface area (Å²) in [4.78, 5) is 11.8. The van der Waals surface area contributed by atoms with Crippen LogP contribution in [0.3, 0.4) is 0 Å². The van der Waals surface area contributed by atoms with Crippen molar-refractivity contribution in [2.75, 3.05) is 0 Å². The molecule has 0 aliphatic heterocycles. The lowest BCUT2D eigenvalue weighted by Gasteiger charge is -2.27. The molecule has 3 atom stereocenters. The van der Waals surface area contributed by atoms with Gasteiger partial charge in [-0.05, 0) is 38.0 Å². The summed E-state index contributed by atoms with van der Waals surface area (Å²) in [5, 5.41) is 0.818. The molecule has 1 aliphatic rings. The van der Waals surface area contributed by atoms with Crippen LogP contribution in [0.2, 0.25) is 0 Å². The summed E-state index contributed by atoms with van der Waals surface area (Å²) in [6, 6.07) is 16.3. The molecule has 3 unspecified atom stereocenters. The third-order valence-electron chi connectivity index (χ3n) is 5.36. The molecule has 1 saturated carbocycles. The van der Waals surface area contributed by atoms with Crippen molar-refractivity contribution in [1.29, 1.82) is 0 Å². The van der Waals surface area contributed by atoms with Crippen LogP contribution in [-0.4, -0.2) is 24.4 Å². The summed E-state index contributed by atoms with van der Waals surface area (Å²) in [7, 11) is 0. The maximum Gasteiger partial charge on any atom is 0.398 e. The van der Waals surface area contributed by atoms with Crippen molar-refractivity contribution in [3.05, 3.63) is 66.7 Å². The first-order valence-corrected chi connectivity index (χ1v) is 9.91. The second-order valence-electron chi connectivity index (χ2n) is 7.70. The second kappa shape index (κ2) is 8.13. The number of hydrogen-bond donors (Lipinski definition) is 0. The molecular weight excluding hydrogens is 409 g/mol. The Hall–Kier alpha value is -3.22. The summed E-state index contributed by atoms with van der Waals surface area (Å²) < 4.78 is 57.9. The molecule has 4 rings (SSSR count). The number of ether oxygens (including phenoxy) is 2. The molecule has 0 amide bonds. The van der Waals surface area contributed by atoms with E-state index in [-0.39, 0.29) is 24.2 Å². The average Bonchev–Trinajstić information content (AvgIpc) is 3.32. The summed E-state index contributed by atoms with van der Waals surface area (Å²) >= 11 is 0. The summed E-state index contributed by atoms with van der Waals surface area (Å²) in [5.41, 5.74) is 1.47. The van der Waals surface area contributed by atoms with Crippen LogP contribution >= 0.6 is 0 Å². The zero-order chi connectivity index (χ0) is 22.2. The van der Waals surface area contributed by atoms with Crippen LogP contribution in [-0.2, 0) is 9.53 Å². The number of carbonyl (C=O) groups excluding carboxylic acids is 1. The zero-order valence-corrected chi connectivity index (χ0v) is 16.8. The van der Waals surface area contributed by atoms with E-state index < -0.39 is 30.3 Å². The predicted octanol–water partition coefficient (Wildman–Crippen LogP) is 6.31. The lowest BCUT2D eigenvalue weighted by atomic mass is 10.0. The normalized spacial score (nSPS) is 21.2. The van der Waals surface area contributed by atoms with Crippen LogP contribution in [0.4, 0.5) is 13.2 Å². The maximum atomic E-state index is 13.7. The van der Waals surface area contributed by atoms with Crippen LogP contribution in [0, 0.1) is 5.92 Å². The van der Waals surface area contributed by atoms with Gasteiger partial charge in [-0.1, -0.05) is 36.9 Å². The molecule has 162 valence electrons. The Balaban J connectivity index is 1.56. The molecule has 1 fully saturated rings. The number of halogens is 3. The topological polar surface area (TPSA) is 48.7 Å². The minimum Gasteiger partial charge on any atom is -0.489 e. The molecule has 1 aromatic heterocycles. The quantitative estimate of drug-likeness (QED) is 0.352. The Morgan fingerprint density at radius 2 is 1.77 bits per heavy atom. The summed E-state index contributed by atoms with van der Waals surface area (Å²) in [6.07, 6.45) is -6.86. The first kappa shape index (κ1) is 21.0. The first-order valence-electron chi connectivity index (χ1n) is 9.91. The van der Waals surface area contributed by atoms with E-state index in [1.165, 1.54) is 6.92 Å². The number of alkyl halides is 3. The lowest BCUT2D eigenvalue weighted by molar-refractivity contribution is -0.215. The van der Waals surface area contributed by atoms with Crippen LogP contribution in [0.5, 0.6) is 5.75 Å². The van der Waals surface area contributed by atoms with E-state index in [1.807, 2.05) is 36.4 Å². The summed E-state index contributed by atoms with van der Waals surface area (Å²) in [6.45, 7) is 4.83. The number of hydrogen-bond acceptors (Lipinski definition) is 4. The number of esters is 1. The van der Waals surface area contributed by atoms with Gasteiger partial charge in [0, 0.05) is 22.6 Å². The molecular formula is C24H21F3O4. The molecule has 2 aromatic carbocycles. The van der Waals surface area contributed by atoms with E-state index >= 15 is 0 Å². The minimum absolute atomic E-state index is 0.0581. The smallest absolute Gasteiger partial charge is 0.398 e. The molecule has 0 radical (unpaired) electrons. The van der Waals surface area contributed by atoms with Gasteiger partial charge in [0.1, 0.15) is 35.2 Å². The molecule has 0 saturated heterocycles. The average molecular weight is 430 g/mol. The fraction of sp³-hybridized carbons (Fsp3) is 0.292. The first-order chi connectivity index (χ1) is 14.7. The molecule has 1 heterocycles. The van der Waals surface area contributed by atoms with Gasteiger partial charge in [-0.3, -0.25) is 0 Å². The summed E-state index contributed by atoms with van der Waals surface area (Å²) in [5.74, 6) is -1.81. The number of rotatable bonds is 5. The van der Waals surface area contributed by atoms with Gasteiger partial charge >= 0.3 is 12.1 Å². The Labute approximate surface area is 177 Å². The third kappa shape index (κ3) is 4.45. The van der Waals surface area contributed by atoms with Crippen molar-refractivity contribution >= 4 is 16.9 Å². The Kier molecular flexibility index (Phi) is 5.52. The maximum absolute atomic E-state index is 13.7. The van der Waals surface area contributed by atoms with Gasteiger partial charge in [0.2, 0.25) is 0 Å². The monoisotopic (exact) mass is 430 g/mol. The molecule has 0 bridgehead atoms. The highest BCUT2D eigenvalue weighted by atomic mass is 19.4.